The Kier molecular flexibility index (Phi) is 2.49. The van der Waals surface area contributed by atoms with Crippen molar-refractivity contribution in [1.82, 2.24) is 15.0 Å². The standard InChI is InChI=1S/C11H11N3/c1-9-6-14-11(8-13-9)5-10-3-2-4-12-7-10/h2-4,6-8H,5H2,1H3. The maximum atomic E-state index is 4.28. The highest BCUT2D eigenvalue weighted by molar-refractivity contribution is 5.16. The molecule has 70 valence electrons. The molecule has 0 fully saturated rings. The molecule has 0 saturated carbocycles. The lowest BCUT2D eigenvalue weighted by molar-refractivity contribution is 0.994. The lowest BCUT2D eigenvalue weighted by Gasteiger charge is -1.99. The molecule has 0 aliphatic heterocycles. The van der Waals surface area contributed by atoms with Crippen LogP contribution in [0.2, 0.25) is 0 Å². The zero-order valence-corrected chi connectivity index (χ0v) is 8.01. The summed E-state index contributed by atoms with van der Waals surface area (Å²) in [5.74, 6) is 0. The van der Waals surface area contributed by atoms with E-state index in [9.17, 15) is 0 Å². The van der Waals surface area contributed by atoms with Crippen LogP contribution in [0.15, 0.2) is 36.9 Å². The zero-order chi connectivity index (χ0) is 9.80. The van der Waals surface area contributed by atoms with E-state index in [1.165, 1.54) is 0 Å². The number of rotatable bonds is 2. The summed E-state index contributed by atoms with van der Waals surface area (Å²) < 4.78 is 0. The van der Waals surface area contributed by atoms with Gasteiger partial charge in [-0.25, -0.2) is 0 Å². The Labute approximate surface area is 82.9 Å². The molecule has 0 aromatic carbocycles. The Bertz CT molecular complexity index is 395. The van der Waals surface area contributed by atoms with E-state index < -0.39 is 0 Å². The molecule has 3 nitrogen and oxygen atoms in total. The second-order valence-electron chi connectivity index (χ2n) is 3.19. The van der Waals surface area contributed by atoms with Gasteiger partial charge in [0.15, 0.2) is 0 Å². The third-order valence-corrected chi connectivity index (χ3v) is 1.94. The van der Waals surface area contributed by atoms with Gasteiger partial charge in [-0.3, -0.25) is 15.0 Å². The van der Waals surface area contributed by atoms with E-state index in [1.54, 1.807) is 12.4 Å². The fraction of sp³-hybridized carbons (Fsp3) is 0.182. The van der Waals surface area contributed by atoms with Crippen LogP contribution in [0.5, 0.6) is 0 Å². The van der Waals surface area contributed by atoms with Gasteiger partial charge in [-0.15, -0.1) is 0 Å². The lowest BCUT2D eigenvalue weighted by atomic mass is 10.2. The number of aromatic nitrogens is 3. The molecule has 0 N–H and O–H groups in total. The Morgan fingerprint density at radius 3 is 2.71 bits per heavy atom. The molecule has 0 amide bonds. The third-order valence-electron chi connectivity index (χ3n) is 1.94. The smallest absolute Gasteiger partial charge is 0.0631 e. The van der Waals surface area contributed by atoms with E-state index >= 15 is 0 Å². The molecular formula is C11H11N3. The van der Waals surface area contributed by atoms with Gasteiger partial charge >= 0.3 is 0 Å². The maximum absolute atomic E-state index is 4.28. The van der Waals surface area contributed by atoms with Crippen molar-refractivity contribution in [3.05, 3.63) is 53.9 Å². The van der Waals surface area contributed by atoms with Crippen molar-refractivity contribution in [2.75, 3.05) is 0 Å². The van der Waals surface area contributed by atoms with Gasteiger partial charge in [0.1, 0.15) is 0 Å². The summed E-state index contributed by atoms with van der Waals surface area (Å²) in [5, 5.41) is 0. The minimum atomic E-state index is 0.793. The Morgan fingerprint density at radius 2 is 2.07 bits per heavy atom. The van der Waals surface area contributed by atoms with Gasteiger partial charge in [0.25, 0.3) is 0 Å². The number of pyridine rings is 1. The van der Waals surface area contributed by atoms with Gasteiger partial charge in [-0.05, 0) is 18.6 Å². The molecule has 3 heteroatoms. The molecular weight excluding hydrogens is 174 g/mol. The summed E-state index contributed by atoms with van der Waals surface area (Å²) in [4.78, 5) is 12.5. The average molecular weight is 185 g/mol. The van der Waals surface area contributed by atoms with Crippen molar-refractivity contribution in [2.45, 2.75) is 13.3 Å². The fourth-order valence-corrected chi connectivity index (χ4v) is 1.22. The van der Waals surface area contributed by atoms with Crippen LogP contribution in [-0.2, 0) is 6.42 Å². The van der Waals surface area contributed by atoms with Crippen molar-refractivity contribution in [1.29, 1.82) is 0 Å². The van der Waals surface area contributed by atoms with Crippen LogP contribution in [0.4, 0.5) is 0 Å². The molecule has 0 aliphatic rings. The first kappa shape index (κ1) is 8.81. The predicted molar refractivity (Wildman–Crippen MR) is 53.8 cm³/mol. The van der Waals surface area contributed by atoms with Crippen molar-refractivity contribution < 1.29 is 0 Å². The highest BCUT2D eigenvalue weighted by atomic mass is 14.8. The molecule has 2 aromatic heterocycles. The summed E-state index contributed by atoms with van der Waals surface area (Å²) in [6, 6.07) is 3.96. The van der Waals surface area contributed by atoms with E-state index in [0.29, 0.717) is 0 Å². The second-order valence-corrected chi connectivity index (χ2v) is 3.19. The van der Waals surface area contributed by atoms with E-state index in [4.69, 9.17) is 0 Å². The number of hydrogen-bond acceptors (Lipinski definition) is 3. The Balaban J connectivity index is 2.16. The van der Waals surface area contributed by atoms with Crippen molar-refractivity contribution in [3.8, 4) is 0 Å². The first-order valence-electron chi connectivity index (χ1n) is 4.51. The van der Waals surface area contributed by atoms with Gasteiger partial charge in [0.2, 0.25) is 0 Å². The molecule has 2 heterocycles. The van der Waals surface area contributed by atoms with Crippen LogP contribution in [-0.4, -0.2) is 15.0 Å². The Morgan fingerprint density at radius 1 is 1.14 bits per heavy atom. The number of hydrogen-bond donors (Lipinski definition) is 0. The van der Waals surface area contributed by atoms with Crippen LogP contribution in [0.3, 0.4) is 0 Å². The maximum Gasteiger partial charge on any atom is 0.0631 e. The first-order chi connectivity index (χ1) is 6.84. The molecule has 0 bridgehead atoms. The van der Waals surface area contributed by atoms with Crippen LogP contribution in [0, 0.1) is 6.92 Å². The third kappa shape index (κ3) is 2.13. The molecule has 2 aromatic rings. The highest BCUT2D eigenvalue weighted by Crippen LogP contribution is 2.04. The van der Waals surface area contributed by atoms with Crippen molar-refractivity contribution >= 4 is 0 Å². The summed E-state index contributed by atoms with van der Waals surface area (Å²) in [5.41, 5.74) is 3.08. The fourth-order valence-electron chi connectivity index (χ4n) is 1.22. The monoisotopic (exact) mass is 185 g/mol. The van der Waals surface area contributed by atoms with E-state index in [2.05, 4.69) is 15.0 Å². The molecule has 0 spiro atoms. The summed E-state index contributed by atoms with van der Waals surface area (Å²) >= 11 is 0. The largest absolute Gasteiger partial charge is 0.264 e. The molecule has 0 aliphatic carbocycles. The van der Waals surface area contributed by atoms with Crippen LogP contribution < -0.4 is 0 Å². The van der Waals surface area contributed by atoms with Crippen LogP contribution in [0.1, 0.15) is 17.0 Å². The quantitative estimate of drug-likeness (QED) is 0.715. The number of aryl methyl sites for hydroxylation is 1. The van der Waals surface area contributed by atoms with E-state index in [1.807, 2.05) is 31.5 Å². The van der Waals surface area contributed by atoms with Gasteiger partial charge in [0, 0.05) is 31.2 Å². The Hall–Kier alpha value is -1.77. The molecule has 0 saturated heterocycles. The normalized spacial score (nSPS) is 10.1. The van der Waals surface area contributed by atoms with E-state index in [0.717, 1.165) is 23.4 Å². The van der Waals surface area contributed by atoms with Crippen LogP contribution in [0.25, 0.3) is 0 Å². The molecule has 14 heavy (non-hydrogen) atoms. The minimum absolute atomic E-state index is 0.793. The second kappa shape index (κ2) is 3.96. The molecule has 0 atom stereocenters. The predicted octanol–water partition coefficient (Wildman–Crippen LogP) is 1.77. The lowest BCUT2D eigenvalue weighted by Crippen LogP contribution is -1.94. The van der Waals surface area contributed by atoms with Crippen molar-refractivity contribution in [3.63, 3.8) is 0 Å². The zero-order valence-electron chi connectivity index (χ0n) is 8.01. The summed E-state index contributed by atoms with van der Waals surface area (Å²) in [7, 11) is 0. The summed E-state index contributed by atoms with van der Waals surface area (Å²) in [6.07, 6.45) is 8.00. The van der Waals surface area contributed by atoms with Gasteiger partial charge in [-0.2, -0.15) is 0 Å². The molecule has 0 radical (unpaired) electrons. The van der Waals surface area contributed by atoms with Crippen LogP contribution >= 0.6 is 0 Å². The minimum Gasteiger partial charge on any atom is -0.264 e. The average Bonchev–Trinajstić information content (AvgIpc) is 2.23. The SMILES string of the molecule is Cc1cnc(Cc2cccnc2)cn1. The van der Waals surface area contributed by atoms with Crippen molar-refractivity contribution in [2.24, 2.45) is 0 Å². The van der Waals surface area contributed by atoms with Gasteiger partial charge < -0.3 is 0 Å². The van der Waals surface area contributed by atoms with Gasteiger partial charge in [-0.1, -0.05) is 6.07 Å². The first-order valence-corrected chi connectivity index (χ1v) is 4.51. The molecule has 0 unspecified atom stereocenters. The topological polar surface area (TPSA) is 38.7 Å². The summed E-state index contributed by atoms with van der Waals surface area (Å²) in [6.45, 7) is 1.93. The van der Waals surface area contributed by atoms with Gasteiger partial charge in [0.05, 0.1) is 11.4 Å². The van der Waals surface area contributed by atoms with E-state index in [-0.39, 0.29) is 0 Å². The highest BCUT2D eigenvalue weighted by Gasteiger charge is 1.97. The molecule has 2 rings (SSSR count). The number of nitrogens with zero attached hydrogens (tertiary/aromatic N) is 3.